The van der Waals surface area contributed by atoms with Gasteiger partial charge in [-0.2, -0.15) is 0 Å². The summed E-state index contributed by atoms with van der Waals surface area (Å²) in [5, 5.41) is 24.7. The highest BCUT2D eigenvalue weighted by Crippen LogP contribution is 2.18. The molecule has 21 heavy (non-hydrogen) atoms. The number of nitrogens with one attached hydrogen (secondary N) is 2. The first-order chi connectivity index (χ1) is 9.91. The highest BCUT2D eigenvalue weighted by atomic mass is 16.3. The summed E-state index contributed by atoms with van der Waals surface area (Å²) in [4.78, 5) is 48.1. The van der Waals surface area contributed by atoms with Crippen molar-refractivity contribution in [2.45, 2.75) is 31.1 Å². The maximum Gasteiger partial charge on any atom is 0.259 e. The molecule has 9 nitrogen and oxygen atoms in total. The van der Waals surface area contributed by atoms with Gasteiger partial charge in [-0.3, -0.25) is 24.1 Å². The zero-order valence-corrected chi connectivity index (χ0v) is 11.2. The Bertz CT molecular complexity index is 480. The Morgan fingerprint density at radius 3 is 2.24 bits per heavy atom. The van der Waals surface area contributed by atoms with Crippen LogP contribution in [0.5, 0.6) is 0 Å². The minimum atomic E-state index is -1.73. The summed E-state index contributed by atoms with van der Waals surface area (Å²) in [5.74, 6) is -2.97. The molecule has 2 aliphatic rings. The monoisotopic (exact) mass is 299 g/mol. The summed E-state index contributed by atoms with van der Waals surface area (Å²) in [6.07, 6.45) is -4.18. The molecular weight excluding hydrogens is 282 g/mol. The van der Waals surface area contributed by atoms with Gasteiger partial charge in [0.15, 0.2) is 5.78 Å². The van der Waals surface area contributed by atoms with E-state index in [1.807, 2.05) is 0 Å². The predicted molar refractivity (Wildman–Crippen MR) is 67.8 cm³/mol. The standard InChI is InChI=1S/C12H17N3O6/c16-7-3-8(17)11(20)15-6(7)5-13-1-2-14-10(19)4-9(18)12(15)21/h6,8-9,13,17-18H,1-5H2,(H,14,19). The fourth-order valence-corrected chi connectivity index (χ4v) is 2.36. The van der Waals surface area contributed by atoms with E-state index >= 15 is 0 Å². The van der Waals surface area contributed by atoms with Gasteiger partial charge in [-0.25, -0.2) is 0 Å². The molecule has 116 valence electrons. The van der Waals surface area contributed by atoms with Gasteiger partial charge in [0, 0.05) is 26.1 Å². The van der Waals surface area contributed by atoms with Gasteiger partial charge >= 0.3 is 0 Å². The lowest BCUT2D eigenvalue weighted by Gasteiger charge is -2.35. The molecular formula is C12H17N3O6. The quantitative estimate of drug-likeness (QED) is 0.341. The van der Waals surface area contributed by atoms with Crippen molar-refractivity contribution < 1.29 is 29.4 Å². The molecule has 0 spiro atoms. The number of Topliss-reactive ketones (excluding diaryl/α,β-unsaturated/α-hetero) is 1. The number of fused-ring (bicyclic) bond motifs is 1. The molecule has 2 fully saturated rings. The fraction of sp³-hybridized carbons (Fsp3) is 0.667. The van der Waals surface area contributed by atoms with E-state index in [1.54, 1.807) is 0 Å². The number of piperidine rings is 1. The smallest absolute Gasteiger partial charge is 0.259 e. The molecule has 0 bridgehead atoms. The Kier molecular flexibility index (Phi) is 4.66. The summed E-state index contributed by atoms with van der Waals surface area (Å²) < 4.78 is 0. The van der Waals surface area contributed by atoms with E-state index in [-0.39, 0.29) is 19.5 Å². The number of amides is 3. The maximum absolute atomic E-state index is 12.1. The number of hydrogen-bond donors (Lipinski definition) is 4. The average molecular weight is 299 g/mol. The second kappa shape index (κ2) is 6.29. The van der Waals surface area contributed by atoms with Crippen LogP contribution in [0.1, 0.15) is 12.8 Å². The van der Waals surface area contributed by atoms with Gasteiger partial charge in [0.1, 0.15) is 18.2 Å². The molecule has 4 N–H and O–H groups in total. The van der Waals surface area contributed by atoms with Gasteiger partial charge in [-0.15, -0.1) is 0 Å². The number of hydrogen-bond acceptors (Lipinski definition) is 7. The number of carbonyl (C=O) groups excluding carboxylic acids is 4. The van der Waals surface area contributed by atoms with Gasteiger partial charge in [-0.1, -0.05) is 0 Å². The number of aliphatic hydroxyl groups excluding tert-OH is 2. The molecule has 0 saturated carbocycles. The molecule has 0 aromatic carbocycles. The van der Waals surface area contributed by atoms with E-state index in [0.29, 0.717) is 11.4 Å². The molecule has 9 heteroatoms. The molecule has 0 aromatic heterocycles. The maximum atomic E-state index is 12.1. The molecule has 2 aliphatic heterocycles. The van der Waals surface area contributed by atoms with Crippen molar-refractivity contribution in [3.8, 4) is 0 Å². The highest BCUT2D eigenvalue weighted by Gasteiger charge is 2.45. The lowest BCUT2D eigenvalue weighted by molar-refractivity contribution is -0.166. The highest BCUT2D eigenvalue weighted by molar-refractivity contribution is 6.08. The number of rotatable bonds is 0. The Balaban J connectivity index is 2.29. The minimum absolute atomic E-state index is 0.0195. The Hall–Kier alpha value is -1.84. The van der Waals surface area contributed by atoms with Gasteiger partial charge in [0.05, 0.1) is 6.42 Å². The van der Waals surface area contributed by atoms with Crippen LogP contribution in [0.15, 0.2) is 0 Å². The summed E-state index contributed by atoms with van der Waals surface area (Å²) in [6, 6.07) is -1.07. The first-order valence-electron chi connectivity index (χ1n) is 6.65. The van der Waals surface area contributed by atoms with Crippen LogP contribution in [-0.4, -0.2) is 76.5 Å². The largest absolute Gasteiger partial charge is 0.383 e. The van der Waals surface area contributed by atoms with Crippen LogP contribution in [0, 0.1) is 0 Å². The van der Waals surface area contributed by atoms with Gasteiger partial charge in [-0.05, 0) is 0 Å². The molecule has 0 radical (unpaired) electrons. The number of ketones is 1. The van der Waals surface area contributed by atoms with E-state index in [2.05, 4.69) is 10.6 Å². The van der Waals surface area contributed by atoms with Crippen molar-refractivity contribution in [3.63, 3.8) is 0 Å². The molecule has 3 unspecified atom stereocenters. The van der Waals surface area contributed by atoms with Crippen LogP contribution < -0.4 is 10.6 Å². The molecule has 3 atom stereocenters. The van der Waals surface area contributed by atoms with Crippen molar-refractivity contribution in [1.29, 1.82) is 0 Å². The van der Waals surface area contributed by atoms with Gasteiger partial charge < -0.3 is 20.8 Å². The number of nitrogens with zero attached hydrogens (tertiary/aromatic N) is 1. The first-order valence-corrected chi connectivity index (χ1v) is 6.65. The van der Waals surface area contributed by atoms with Crippen LogP contribution in [0.2, 0.25) is 0 Å². The fourth-order valence-electron chi connectivity index (χ4n) is 2.36. The number of imide groups is 1. The van der Waals surface area contributed by atoms with Crippen molar-refractivity contribution in [3.05, 3.63) is 0 Å². The second-order valence-electron chi connectivity index (χ2n) is 5.02. The van der Waals surface area contributed by atoms with E-state index in [4.69, 9.17) is 0 Å². The van der Waals surface area contributed by atoms with Gasteiger partial charge in [0.25, 0.3) is 11.8 Å². The Morgan fingerprint density at radius 1 is 0.952 bits per heavy atom. The molecule has 3 amide bonds. The molecule has 0 aliphatic carbocycles. The van der Waals surface area contributed by atoms with E-state index < -0.39 is 48.2 Å². The topological polar surface area (TPSA) is 136 Å². The van der Waals surface area contributed by atoms with Crippen LogP contribution >= 0.6 is 0 Å². The van der Waals surface area contributed by atoms with Crippen molar-refractivity contribution in [2.24, 2.45) is 0 Å². The lowest BCUT2D eigenvalue weighted by Crippen LogP contribution is -2.62. The van der Waals surface area contributed by atoms with Crippen LogP contribution in [0.25, 0.3) is 0 Å². The van der Waals surface area contributed by atoms with Crippen LogP contribution in [0.4, 0.5) is 0 Å². The number of carbonyl (C=O) groups is 4. The predicted octanol–water partition coefficient (Wildman–Crippen LogP) is -3.49. The van der Waals surface area contributed by atoms with Crippen molar-refractivity contribution in [1.82, 2.24) is 15.5 Å². The van der Waals surface area contributed by atoms with E-state index in [0.717, 1.165) is 0 Å². The van der Waals surface area contributed by atoms with Crippen LogP contribution in [0.3, 0.4) is 0 Å². The SMILES string of the molecule is O=C1CC(O)C(=O)N2C(=O)C(O)CC(=O)C2CNCCN1. The van der Waals surface area contributed by atoms with E-state index in [9.17, 15) is 29.4 Å². The molecule has 0 aromatic rings. The first kappa shape index (κ1) is 15.5. The lowest BCUT2D eigenvalue weighted by atomic mass is 9.96. The third-order valence-electron chi connectivity index (χ3n) is 3.46. The summed E-state index contributed by atoms with van der Waals surface area (Å²) in [5.41, 5.74) is 0. The van der Waals surface area contributed by atoms with Crippen LogP contribution in [-0.2, 0) is 19.2 Å². The van der Waals surface area contributed by atoms with E-state index in [1.165, 1.54) is 0 Å². The Labute approximate surface area is 120 Å². The summed E-state index contributed by atoms with van der Waals surface area (Å²) >= 11 is 0. The normalized spacial score (nSPS) is 32.3. The zero-order valence-electron chi connectivity index (χ0n) is 11.2. The van der Waals surface area contributed by atoms with Gasteiger partial charge in [0.2, 0.25) is 5.91 Å². The molecule has 2 saturated heterocycles. The molecule has 2 rings (SSSR count). The van der Waals surface area contributed by atoms with Crippen molar-refractivity contribution in [2.75, 3.05) is 19.6 Å². The number of aliphatic hydroxyl groups is 2. The second-order valence-corrected chi connectivity index (χ2v) is 5.02. The average Bonchev–Trinajstić information content (AvgIpc) is 2.44. The Morgan fingerprint density at radius 2 is 1.57 bits per heavy atom. The third-order valence-corrected chi connectivity index (χ3v) is 3.46. The third kappa shape index (κ3) is 3.26. The molecule has 2 heterocycles. The summed E-state index contributed by atoms with van der Waals surface area (Å²) in [6.45, 7) is 0.646. The summed E-state index contributed by atoms with van der Waals surface area (Å²) in [7, 11) is 0. The van der Waals surface area contributed by atoms with Crippen molar-refractivity contribution >= 4 is 23.5 Å². The minimum Gasteiger partial charge on any atom is -0.383 e. The zero-order chi connectivity index (χ0) is 15.6.